The quantitative estimate of drug-likeness (QED) is 0.823. The van der Waals surface area contributed by atoms with Crippen molar-refractivity contribution in [3.63, 3.8) is 0 Å². The average Bonchev–Trinajstić information content (AvgIpc) is 3.17. The van der Waals surface area contributed by atoms with Crippen molar-refractivity contribution >= 4 is 12.0 Å². The van der Waals surface area contributed by atoms with Crippen LogP contribution in [0.3, 0.4) is 0 Å². The lowest BCUT2D eigenvalue weighted by molar-refractivity contribution is -0.138. The van der Waals surface area contributed by atoms with Crippen LogP contribution >= 0.6 is 0 Å². The highest BCUT2D eigenvalue weighted by atomic mass is 19.4. The number of amides is 2. The number of halogens is 3. The van der Waals surface area contributed by atoms with E-state index in [1.165, 1.54) is 0 Å². The Morgan fingerprint density at radius 2 is 1.86 bits per heavy atom. The second-order valence-electron chi connectivity index (χ2n) is 8.81. The molecular formula is C21H25F3N2O3. The number of fused-ring (bicyclic) bond motifs is 1. The van der Waals surface area contributed by atoms with Gasteiger partial charge in [-0.05, 0) is 56.7 Å². The fraction of sp³-hybridized carbons (Fsp3) is 0.619. The number of piperidine rings is 1. The molecular weight excluding hydrogens is 385 g/mol. The third-order valence-corrected chi connectivity index (χ3v) is 6.40. The van der Waals surface area contributed by atoms with Crippen LogP contribution in [0.15, 0.2) is 24.3 Å². The van der Waals surface area contributed by atoms with Gasteiger partial charge < -0.3 is 15.0 Å². The zero-order valence-corrected chi connectivity index (χ0v) is 16.5. The summed E-state index contributed by atoms with van der Waals surface area (Å²) in [5, 5.41) is 2.77. The summed E-state index contributed by atoms with van der Waals surface area (Å²) in [5.74, 6) is 0.290. The lowest BCUT2D eigenvalue weighted by Crippen LogP contribution is -2.50. The molecule has 2 saturated carbocycles. The van der Waals surface area contributed by atoms with E-state index in [0.717, 1.165) is 24.1 Å². The summed E-state index contributed by atoms with van der Waals surface area (Å²) in [5.41, 5.74) is 0.0441. The van der Waals surface area contributed by atoms with Gasteiger partial charge in [-0.3, -0.25) is 4.79 Å². The molecule has 8 heteroatoms. The molecule has 158 valence electrons. The molecule has 1 saturated heterocycles. The molecule has 29 heavy (non-hydrogen) atoms. The summed E-state index contributed by atoms with van der Waals surface area (Å²) in [6.07, 6.45) is -2.88. The van der Waals surface area contributed by atoms with Crippen LogP contribution in [0.1, 0.15) is 44.2 Å². The van der Waals surface area contributed by atoms with Gasteiger partial charge in [0.05, 0.1) is 11.7 Å². The van der Waals surface area contributed by atoms with Crippen LogP contribution in [0.25, 0.3) is 0 Å². The van der Waals surface area contributed by atoms with Crippen molar-refractivity contribution in [3.8, 4) is 0 Å². The number of nitrogens with zero attached hydrogens (tertiary/aromatic N) is 1. The van der Waals surface area contributed by atoms with Crippen molar-refractivity contribution < 1.29 is 27.5 Å². The maximum Gasteiger partial charge on any atom is 0.416 e. The minimum absolute atomic E-state index is 0.0452. The van der Waals surface area contributed by atoms with Crippen LogP contribution in [-0.2, 0) is 21.1 Å². The maximum absolute atomic E-state index is 12.8. The summed E-state index contributed by atoms with van der Waals surface area (Å²) < 4.78 is 43.4. The van der Waals surface area contributed by atoms with Gasteiger partial charge >= 0.3 is 12.3 Å². The molecule has 0 bridgehead atoms. The predicted octanol–water partition coefficient (Wildman–Crippen LogP) is 3.72. The molecule has 1 aliphatic heterocycles. The van der Waals surface area contributed by atoms with Crippen molar-refractivity contribution in [1.82, 2.24) is 10.2 Å². The monoisotopic (exact) mass is 410 g/mol. The van der Waals surface area contributed by atoms with E-state index < -0.39 is 17.8 Å². The van der Waals surface area contributed by atoms with Crippen LogP contribution < -0.4 is 5.32 Å². The standard InChI is InChI=1S/C21H25F3N2O3/c1-12(2)29-19(28)25-17-7-13(8-17)18(27)26-10-16-9-20(16,11-26)14-3-5-15(6-4-14)21(22,23)24/h3-6,12-13,16-17H,7-11H2,1-2H3,(H,25,28). The molecule has 2 aliphatic carbocycles. The molecule has 1 N–H and O–H groups in total. The highest BCUT2D eigenvalue weighted by molar-refractivity contribution is 5.81. The lowest BCUT2D eigenvalue weighted by Gasteiger charge is -2.37. The Labute approximate surface area is 167 Å². The second kappa shape index (κ2) is 6.92. The molecule has 2 atom stereocenters. The van der Waals surface area contributed by atoms with E-state index in [0.29, 0.717) is 31.8 Å². The molecule has 5 nitrogen and oxygen atoms in total. The van der Waals surface area contributed by atoms with Gasteiger partial charge in [0.15, 0.2) is 0 Å². The Hall–Kier alpha value is -2.25. The SMILES string of the molecule is CC(C)OC(=O)NC1CC(C(=O)N2CC3CC3(c3ccc(C(F)(F)F)cc3)C2)C1. The van der Waals surface area contributed by atoms with Gasteiger partial charge in [0.1, 0.15) is 0 Å². The van der Waals surface area contributed by atoms with Crippen molar-refractivity contribution in [2.24, 2.45) is 11.8 Å². The number of ether oxygens (including phenoxy) is 1. The maximum atomic E-state index is 12.8. The molecule has 0 radical (unpaired) electrons. The van der Waals surface area contributed by atoms with Crippen LogP contribution in [0, 0.1) is 11.8 Å². The van der Waals surface area contributed by atoms with E-state index in [4.69, 9.17) is 4.74 Å². The molecule has 2 unspecified atom stereocenters. The minimum Gasteiger partial charge on any atom is -0.447 e. The van der Waals surface area contributed by atoms with E-state index in [-0.39, 0.29) is 29.4 Å². The normalized spacial score (nSPS) is 30.6. The van der Waals surface area contributed by atoms with Crippen LogP contribution in [0.5, 0.6) is 0 Å². The number of benzene rings is 1. The minimum atomic E-state index is -4.34. The van der Waals surface area contributed by atoms with Crippen molar-refractivity contribution in [2.75, 3.05) is 13.1 Å². The van der Waals surface area contributed by atoms with Gasteiger partial charge in [-0.25, -0.2) is 4.79 Å². The Balaban J connectivity index is 1.31. The van der Waals surface area contributed by atoms with Crippen molar-refractivity contribution in [2.45, 2.75) is 56.8 Å². The fourth-order valence-corrected chi connectivity index (χ4v) is 4.70. The average molecular weight is 410 g/mol. The number of carbonyl (C=O) groups excluding carboxylic acids is 2. The zero-order valence-electron chi connectivity index (χ0n) is 16.5. The fourth-order valence-electron chi connectivity index (χ4n) is 4.70. The molecule has 0 spiro atoms. The van der Waals surface area contributed by atoms with E-state index in [1.54, 1.807) is 26.0 Å². The summed E-state index contributed by atoms with van der Waals surface area (Å²) >= 11 is 0. The largest absolute Gasteiger partial charge is 0.447 e. The van der Waals surface area contributed by atoms with Gasteiger partial charge in [0.2, 0.25) is 5.91 Å². The number of hydrogen-bond donors (Lipinski definition) is 1. The van der Waals surface area contributed by atoms with Gasteiger partial charge in [-0.2, -0.15) is 13.2 Å². The van der Waals surface area contributed by atoms with Gasteiger partial charge in [0.25, 0.3) is 0 Å². The lowest BCUT2D eigenvalue weighted by atomic mass is 9.79. The number of nitrogens with one attached hydrogen (secondary N) is 1. The number of alkyl halides is 3. The number of likely N-dealkylation sites (tertiary alicyclic amines) is 1. The number of hydrogen-bond acceptors (Lipinski definition) is 3. The molecule has 4 rings (SSSR count). The predicted molar refractivity (Wildman–Crippen MR) is 99.1 cm³/mol. The first-order valence-corrected chi connectivity index (χ1v) is 10.0. The number of rotatable bonds is 4. The third kappa shape index (κ3) is 3.81. The van der Waals surface area contributed by atoms with Crippen molar-refractivity contribution in [3.05, 3.63) is 35.4 Å². The Morgan fingerprint density at radius 1 is 1.21 bits per heavy atom. The van der Waals surface area contributed by atoms with Crippen LogP contribution in [-0.4, -0.2) is 42.1 Å². The molecule has 1 heterocycles. The Morgan fingerprint density at radius 3 is 2.45 bits per heavy atom. The first-order chi connectivity index (χ1) is 13.6. The Kier molecular flexibility index (Phi) is 4.78. The summed E-state index contributed by atoms with van der Waals surface area (Å²) in [6, 6.07) is 5.32. The van der Waals surface area contributed by atoms with E-state index in [1.807, 2.05) is 4.90 Å². The van der Waals surface area contributed by atoms with Gasteiger partial charge in [0, 0.05) is 30.5 Å². The van der Waals surface area contributed by atoms with Crippen LogP contribution in [0.4, 0.5) is 18.0 Å². The molecule has 3 fully saturated rings. The summed E-state index contributed by atoms with van der Waals surface area (Å²) in [6.45, 7) is 4.77. The molecule has 1 aromatic carbocycles. The first-order valence-electron chi connectivity index (χ1n) is 10.0. The highest BCUT2D eigenvalue weighted by Crippen LogP contribution is 2.59. The topological polar surface area (TPSA) is 58.6 Å². The number of carbonyl (C=O) groups is 2. The van der Waals surface area contributed by atoms with Crippen molar-refractivity contribution in [1.29, 1.82) is 0 Å². The van der Waals surface area contributed by atoms with Gasteiger partial charge in [-0.15, -0.1) is 0 Å². The second-order valence-corrected chi connectivity index (χ2v) is 8.81. The van der Waals surface area contributed by atoms with Crippen LogP contribution in [0.2, 0.25) is 0 Å². The Bertz CT molecular complexity index is 802. The van der Waals surface area contributed by atoms with E-state index in [9.17, 15) is 22.8 Å². The zero-order chi connectivity index (χ0) is 21.0. The molecule has 1 aromatic rings. The smallest absolute Gasteiger partial charge is 0.416 e. The molecule has 3 aliphatic rings. The highest BCUT2D eigenvalue weighted by Gasteiger charge is 2.62. The molecule has 0 aromatic heterocycles. The summed E-state index contributed by atoms with van der Waals surface area (Å²) in [4.78, 5) is 26.3. The molecule has 2 amide bonds. The third-order valence-electron chi connectivity index (χ3n) is 6.40. The van der Waals surface area contributed by atoms with Gasteiger partial charge in [-0.1, -0.05) is 12.1 Å². The van der Waals surface area contributed by atoms with E-state index in [2.05, 4.69) is 5.32 Å². The first kappa shape index (κ1) is 20.0. The summed E-state index contributed by atoms with van der Waals surface area (Å²) in [7, 11) is 0. The number of alkyl carbamates (subject to hydrolysis) is 1. The van der Waals surface area contributed by atoms with E-state index >= 15 is 0 Å².